The number of halogens is 2. The summed E-state index contributed by atoms with van der Waals surface area (Å²) in [4.78, 5) is 38.4. The number of amidine groups is 1. The van der Waals surface area contributed by atoms with Crippen LogP contribution in [0, 0.1) is 5.82 Å². The number of thiazole rings is 1. The molecule has 1 aromatic heterocycles. The van der Waals surface area contributed by atoms with E-state index in [2.05, 4.69) is 15.2 Å². The first-order valence-corrected chi connectivity index (χ1v) is 12.7. The molecule has 12 heteroatoms. The minimum atomic E-state index is -0.824. The fourth-order valence-corrected chi connectivity index (χ4v) is 5.75. The van der Waals surface area contributed by atoms with Gasteiger partial charge in [0.25, 0.3) is 0 Å². The molecule has 5 rings (SSSR count). The van der Waals surface area contributed by atoms with Crippen LogP contribution in [0.4, 0.5) is 4.39 Å². The van der Waals surface area contributed by atoms with Crippen molar-refractivity contribution in [3.63, 3.8) is 0 Å². The minimum absolute atomic E-state index is 0.0287. The topological polar surface area (TPSA) is 96.4 Å². The van der Waals surface area contributed by atoms with E-state index in [1.165, 1.54) is 36.6 Å². The molecular weight excluding hydrogens is 509 g/mol. The number of ether oxygens (including phenoxy) is 2. The number of methoxy groups -OCH3 is 1. The van der Waals surface area contributed by atoms with E-state index in [9.17, 15) is 14.0 Å². The molecule has 1 N–H and O–H groups in total. The molecule has 36 heavy (non-hydrogen) atoms. The number of carbonyl (C=O) groups is 2. The molecule has 190 valence electrons. The zero-order chi connectivity index (χ0) is 25.4. The second kappa shape index (κ2) is 10.3. The number of carbonyl (C=O) groups excluding carboxylic acids is 2. The lowest BCUT2D eigenvalue weighted by molar-refractivity contribution is -0.142. The summed E-state index contributed by atoms with van der Waals surface area (Å²) >= 11 is 7.83. The van der Waals surface area contributed by atoms with Gasteiger partial charge in [0, 0.05) is 54.4 Å². The number of hydrogen-bond donors (Lipinski definition) is 1. The van der Waals surface area contributed by atoms with Gasteiger partial charge in [0.05, 0.1) is 38.0 Å². The fraction of sp³-hybridized carbons (Fsp3) is 0.417. The average molecular weight is 534 g/mol. The van der Waals surface area contributed by atoms with Gasteiger partial charge >= 0.3 is 5.97 Å². The smallest absolute Gasteiger partial charge is 0.338 e. The zero-order valence-corrected chi connectivity index (χ0v) is 21.3. The fourth-order valence-electron chi connectivity index (χ4n) is 4.89. The zero-order valence-electron chi connectivity index (χ0n) is 19.7. The molecule has 2 fully saturated rings. The third-order valence-electron chi connectivity index (χ3n) is 6.63. The molecule has 0 saturated carbocycles. The Morgan fingerprint density at radius 3 is 2.67 bits per heavy atom. The maximum absolute atomic E-state index is 13.9. The van der Waals surface area contributed by atoms with E-state index in [1.54, 1.807) is 13.1 Å². The van der Waals surface area contributed by atoms with Gasteiger partial charge in [-0.1, -0.05) is 17.7 Å². The van der Waals surface area contributed by atoms with Gasteiger partial charge in [-0.05, 0) is 12.1 Å². The lowest BCUT2D eigenvalue weighted by Crippen LogP contribution is -2.66. The predicted molar refractivity (Wildman–Crippen MR) is 132 cm³/mol. The summed E-state index contributed by atoms with van der Waals surface area (Å²) in [5.41, 5.74) is 1.37. The minimum Gasteiger partial charge on any atom is -0.466 e. The van der Waals surface area contributed by atoms with E-state index < -0.39 is 17.8 Å². The summed E-state index contributed by atoms with van der Waals surface area (Å²) in [7, 11) is 1.31. The van der Waals surface area contributed by atoms with Crippen molar-refractivity contribution in [2.45, 2.75) is 25.0 Å². The number of nitrogens with one attached hydrogen (secondary N) is 1. The highest BCUT2D eigenvalue weighted by molar-refractivity contribution is 7.11. The summed E-state index contributed by atoms with van der Waals surface area (Å²) in [5, 5.41) is 5.95. The first kappa shape index (κ1) is 24.8. The van der Waals surface area contributed by atoms with Crippen LogP contribution in [0.2, 0.25) is 5.02 Å². The molecule has 0 radical (unpaired) electrons. The monoisotopic (exact) mass is 533 g/mol. The summed E-state index contributed by atoms with van der Waals surface area (Å²) in [6.45, 7) is 3.96. The van der Waals surface area contributed by atoms with Crippen LogP contribution < -0.4 is 5.32 Å². The first-order chi connectivity index (χ1) is 17.4. The van der Waals surface area contributed by atoms with Crippen molar-refractivity contribution >= 4 is 40.6 Å². The van der Waals surface area contributed by atoms with Crippen LogP contribution in [0.25, 0.3) is 0 Å². The quantitative estimate of drug-likeness (QED) is 0.589. The van der Waals surface area contributed by atoms with Gasteiger partial charge in [0.15, 0.2) is 10.8 Å². The molecule has 2 aromatic rings. The highest BCUT2D eigenvalue weighted by Gasteiger charge is 2.41. The SMILES string of the molecule is COC(=O)C1=C(CN2C3COCC2CN(C(C)=O)C3)NC(c2nccs2)=NC1c1ccc(F)cc1Cl. The molecule has 1 amide bonds. The Morgan fingerprint density at radius 2 is 2.06 bits per heavy atom. The van der Waals surface area contributed by atoms with Crippen LogP contribution in [-0.2, 0) is 19.1 Å². The summed E-state index contributed by atoms with van der Waals surface area (Å²) < 4.78 is 24.8. The van der Waals surface area contributed by atoms with Crippen molar-refractivity contribution in [1.82, 2.24) is 20.1 Å². The van der Waals surface area contributed by atoms with Gasteiger partial charge in [0.1, 0.15) is 11.9 Å². The number of benzene rings is 1. The van der Waals surface area contributed by atoms with Crippen LogP contribution in [0.3, 0.4) is 0 Å². The Kier molecular flexibility index (Phi) is 7.07. The average Bonchev–Trinajstić information content (AvgIpc) is 3.38. The Balaban J connectivity index is 1.58. The van der Waals surface area contributed by atoms with E-state index in [4.69, 9.17) is 26.1 Å². The molecule has 1 aromatic carbocycles. The lowest BCUT2D eigenvalue weighted by Gasteiger charge is -2.50. The number of aliphatic imine (C=N–C) groups is 1. The molecule has 3 aliphatic heterocycles. The van der Waals surface area contributed by atoms with Crippen molar-refractivity contribution in [3.8, 4) is 0 Å². The van der Waals surface area contributed by atoms with Crippen molar-refractivity contribution in [2.75, 3.05) is 40.0 Å². The van der Waals surface area contributed by atoms with Crippen molar-refractivity contribution < 1.29 is 23.5 Å². The molecular formula is C24H25ClFN5O4S. The number of hydrogen-bond acceptors (Lipinski definition) is 9. The number of fused-ring (bicyclic) bond motifs is 2. The molecule has 0 aliphatic carbocycles. The van der Waals surface area contributed by atoms with Crippen LogP contribution >= 0.6 is 22.9 Å². The van der Waals surface area contributed by atoms with E-state index >= 15 is 0 Å². The summed E-state index contributed by atoms with van der Waals surface area (Å²) in [6, 6.07) is 3.13. The van der Waals surface area contributed by atoms with Crippen molar-refractivity contribution in [1.29, 1.82) is 0 Å². The predicted octanol–water partition coefficient (Wildman–Crippen LogP) is 2.39. The number of morpholine rings is 1. The third-order valence-corrected chi connectivity index (χ3v) is 7.74. The number of rotatable bonds is 5. The highest BCUT2D eigenvalue weighted by Crippen LogP contribution is 2.37. The van der Waals surface area contributed by atoms with E-state index in [1.807, 2.05) is 10.3 Å². The maximum Gasteiger partial charge on any atom is 0.338 e. The number of piperazine rings is 1. The second-order valence-corrected chi connectivity index (χ2v) is 10.1. The molecule has 4 heterocycles. The first-order valence-electron chi connectivity index (χ1n) is 11.5. The Labute approximate surface area is 216 Å². The van der Waals surface area contributed by atoms with Gasteiger partial charge in [-0.25, -0.2) is 14.2 Å². The molecule has 9 nitrogen and oxygen atoms in total. The van der Waals surface area contributed by atoms with Gasteiger partial charge in [0.2, 0.25) is 5.91 Å². The van der Waals surface area contributed by atoms with Crippen molar-refractivity contribution in [3.05, 3.63) is 62.5 Å². The van der Waals surface area contributed by atoms with Crippen LogP contribution in [-0.4, -0.2) is 84.5 Å². The summed E-state index contributed by atoms with van der Waals surface area (Å²) in [6.07, 6.45) is 1.67. The van der Waals surface area contributed by atoms with Gasteiger partial charge in [-0.15, -0.1) is 11.3 Å². The molecule has 3 atom stereocenters. The summed E-state index contributed by atoms with van der Waals surface area (Å²) in [5.74, 6) is -0.529. The van der Waals surface area contributed by atoms with Gasteiger partial charge in [-0.3, -0.25) is 14.7 Å². The van der Waals surface area contributed by atoms with E-state index in [-0.39, 0.29) is 23.0 Å². The van der Waals surface area contributed by atoms with Crippen LogP contribution in [0.15, 0.2) is 46.0 Å². The Morgan fingerprint density at radius 1 is 1.31 bits per heavy atom. The third kappa shape index (κ3) is 4.75. The number of esters is 1. The number of aromatic nitrogens is 1. The Hall–Kier alpha value is -2.86. The standard InChI is InChI=1S/C24H25ClFN5O4S/c1-13(32)30-8-15-11-35-12-16(9-30)31(15)10-19-20(24(33)34-2)21(17-4-3-14(26)7-18(17)25)29-22(28-19)23-27-5-6-36-23/h3-7,15-16,21H,8-12H2,1-2H3,(H,28,29). The molecule has 0 spiro atoms. The van der Waals surface area contributed by atoms with Crippen molar-refractivity contribution in [2.24, 2.45) is 4.99 Å². The molecule has 3 unspecified atom stereocenters. The molecule has 2 bridgehead atoms. The van der Waals surface area contributed by atoms with Crippen LogP contribution in [0.1, 0.15) is 23.5 Å². The normalized spacial score (nSPS) is 24.3. The van der Waals surface area contributed by atoms with Gasteiger partial charge < -0.3 is 19.7 Å². The van der Waals surface area contributed by atoms with Crippen LogP contribution in [0.5, 0.6) is 0 Å². The number of amides is 1. The molecule has 3 aliphatic rings. The maximum atomic E-state index is 13.9. The second-order valence-electron chi connectivity index (χ2n) is 8.83. The highest BCUT2D eigenvalue weighted by atomic mass is 35.5. The van der Waals surface area contributed by atoms with E-state index in [0.717, 1.165) is 0 Å². The molecule has 2 saturated heterocycles. The van der Waals surface area contributed by atoms with E-state index in [0.29, 0.717) is 60.5 Å². The lowest BCUT2D eigenvalue weighted by atomic mass is 9.94. The van der Waals surface area contributed by atoms with Gasteiger partial charge in [-0.2, -0.15) is 0 Å². The Bertz CT molecular complexity index is 1220. The largest absolute Gasteiger partial charge is 0.466 e. The number of nitrogens with zero attached hydrogens (tertiary/aromatic N) is 4.